The van der Waals surface area contributed by atoms with Gasteiger partial charge in [-0.3, -0.25) is 9.59 Å². The molecule has 1 heterocycles. The number of nitrogens with zero attached hydrogens (tertiary/aromatic N) is 2. The highest BCUT2D eigenvalue weighted by Crippen LogP contribution is 2.32. The lowest BCUT2D eigenvalue weighted by Gasteiger charge is -2.14. The summed E-state index contributed by atoms with van der Waals surface area (Å²) in [5, 5.41) is 20.3. The molecular formula is C28H22F3N3O6. The van der Waals surface area contributed by atoms with Gasteiger partial charge in [-0.1, -0.05) is 30.3 Å². The quantitative estimate of drug-likeness (QED) is 0.251. The number of ether oxygens (including phenoxy) is 1. The summed E-state index contributed by atoms with van der Waals surface area (Å²) in [5.41, 5.74) is 0.996. The fourth-order valence-electron chi connectivity index (χ4n) is 3.82. The lowest BCUT2D eigenvalue weighted by molar-refractivity contribution is -0.141. The van der Waals surface area contributed by atoms with Crippen LogP contribution in [-0.4, -0.2) is 44.1 Å². The number of alkyl halides is 3. The van der Waals surface area contributed by atoms with E-state index in [0.717, 1.165) is 12.1 Å². The molecule has 0 fully saturated rings. The van der Waals surface area contributed by atoms with Gasteiger partial charge in [0, 0.05) is 17.5 Å². The number of hydrogen-bond donors (Lipinski definition) is 3. The number of aliphatic carboxylic acids is 2. The molecule has 206 valence electrons. The van der Waals surface area contributed by atoms with Crippen LogP contribution >= 0.6 is 0 Å². The van der Waals surface area contributed by atoms with E-state index in [2.05, 4.69) is 15.3 Å². The van der Waals surface area contributed by atoms with E-state index in [1.165, 1.54) is 30.3 Å². The van der Waals surface area contributed by atoms with Crippen molar-refractivity contribution >= 4 is 28.9 Å². The van der Waals surface area contributed by atoms with Gasteiger partial charge in [0.15, 0.2) is 0 Å². The minimum Gasteiger partial charge on any atom is -0.487 e. The second-order valence-electron chi connectivity index (χ2n) is 8.70. The van der Waals surface area contributed by atoms with E-state index in [1.807, 2.05) is 0 Å². The van der Waals surface area contributed by atoms with E-state index >= 15 is 0 Å². The summed E-state index contributed by atoms with van der Waals surface area (Å²) in [6.07, 6.45) is -5.22. The van der Waals surface area contributed by atoms with E-state index in [9.17, 15) is 32.7 Å². The van der Waals surface area contributed by atoms with E-state index in [0.29, 0.717) is 22.7 Å². The van der Waals surface area contributed by atoms with Gasteiger partial charge in [-0.05, 0) is 48.9 Å². The van der Waals surface area contributed by atoms with Crippen LogP contribution in [0.15, 0.2) is 72.8 Å². The second-order valence-corrected chi connectivity index (χ2v) is 8.70. The molecule has 0 aliphatic carbocycles. The first kappa shape index (κ1) is 28.0. The number of hydrogen-bond acceptors (Lipinski definition) is 6. The normalized spacial score (nSPS) is 12.1. The van der Waals surface area contributed by atoms with Gasteiger partial charge in [0.2, 0.25) is 0 Å². The maximum atomic E-state index is 13.2. The molecule has 0 bridgehead atoms. The Bertz CT molecular complexity index is 1540. The Kier molecular flexibility index (Phi) is 8.27. The number of carboxylic acids is 2. The highest BCUT2D eigenvalue weighted by Gasteiger charge is 2.31. The Morgan fingerprint density at radius 2 is 1.60 bits per heavy atom. The largest absolute Gasteiger partial charge is 0.487 e. The third kappa shape index (κ3) is 6.90. The molecule has 1 atom stereocenters. The summed E-state index contributed by atoms with van der Waals surface area (Å²) in [6.45, 7) is -0.0873. The Labute approximate surface area is 225 Å². The Balaban J connectivity index is 1.53. The number of fused-ring (bicyclic) bond motifs is 1. The number of rotatable bonds is 10. The predicted molar refractivity (Wildman–Crippen MR) is 137 cm³/mol. The molecule has 0 spiro atoms. The van der Waals surface area contributed by atoms with Crippen LogP contribution in [0.4, 0.5) is 13.2 Å². The van der Waals surface area contributed by atoms with Gasteiger partial charge in [0.05, 0.1) is 22.3 Å². The standard InChI is InChI=1S/C28H22F3N3O6/c29-28(30,31)18-8-11-20-22(14-18)33-25(16-4-2-1-3-5-16)23(32-20)15-40-19-9-6-17(7-10-19)26(37)34-21(27(38)39)12-13-24(35)36/h1-11,14,21H,12-13,15H2,(H,34,37)(H,35,36)(H,38,39)/t21-/m0/s1. The van der Waals surface area contributed by atoms with Crippen molar-refractivity contribution in [3.05, 3.63) is 89.6 Å². The van der Waals surface area contributed by atoms with E-state index in [-0.39, 0.29) is 29.6 Å². The summed E-state index contributed by atoms with van der Waals surface area (Å²) in [4.78, 5) is 43.5. The van der Waals surface area contributed by atoms with Crippen molar-refractivity contribution in [2.45, 2.75) is 31.7 Å². The SMILES string of the molecule is O=C(O)CC[C@H](NC(=O)c1ccc(OCc2nc3ccc(C(F)(F)F)cc3nc2-c2ccccc2)cc1)C(=O)O. The van der Waals surface area contributed by atoms with Crippen LogP contribution < -0.4 is 10.1 Å². The van der Waals surface area contributed by atoms with Gasteiger partial charge in [-0.15, -0.1) is 0 Å². The number of nitrogens with one attached hydrogen (secondary N) is 1. The Morgan fingerprint density at radius 3 is 2.23 bits per heavy atom. The predicted octanol–water partition coefficient (Wildman–Crippen LogP) is 4.94. The first-order valence-electron chi connectivity index (χ1n) is 11.9. The van der Waals surface area contributed by atoms with Crippen LogP contribution in [0.5, 0.6) is 5.75 Å². The number of carbonyl (C=O) groups is 3. The number of aromatic nitrogens is 2. The topological polar surface area (TPSA) is 139 Å². The van der Waals surface area contributed by atoms with Crippen LogP contribution in [0, 0.1) is 0 Å². The van der Waals surface area contributed by atoms with Crippen molar-refractivity contribution < 1.29 is 42.5 Å². The Hall–Kier alpha value is -5.00. The van der Waals surface area contributed by atoms with Gasteiger partial charge in [0.1, 0.15) is 24.1 Å². The summed E-state index contributed by atoms with van der Waals surface area (Å²) in [6, 6.07) is 16.4. The van der Waals surface area contributed by atoms with Gasteiger partial charge >= 0.3 is 18.1 Å². The molecule has 0 aliphatic rings. The molecule has 4 rings (SSSR count). The van der Waals surface area contributed by atoms with Gasteiger partial charge in [-0.25, -0.2) is 14.8 Å². The molecular weight excluding hydrogens is 531 g/mol. The number of amides is 1. The number of benzene rings is 3. The number of carbonyl (C=O) groups excluding carboxylic acids is 1. The lowest BCUT2D eigenvalue weighted by atomic mass is 10.1. The zero-order valence-corrected chi connectivity index (χ0v) is 20.7. The number of halogens is 3. The molecule has 1 aromatic heterocycles. The zero-order valence-electron chi connectivity index (χ0n) is 20.7. The molecule has 0 saturated carbocycles. The van der Waals surface area contributed by atoms with Crippen molar-refractivity contribution in [2.75, 3.05) is 0 Å². The molecule has 3 aromatic carbocycles. The minimum atomic E-state index is -4.53. The summed E-state index contributed by atoms with van der Waals surface area (Å²) >= 11 is 0. The van der Waals surface area contributed by atoms with E-state index in [4.69, 9.17) is 9.84 Å². The Morgan fingerprint density at radius 1 is 0.900 bits per heavy atom. The van der Waals surface area contributed by atoms with Crippen LogP contribution in [0.1, 0.15) is 34.5 Å². The van der Waals surface area contributed by atoms with Gasteiger partial charge in [0.25, 0.3) is 5.91 Å². The molecule has 0 aliphatic heterocycles. The highest BCUT2D eigenvalue weighted by atomic mass is 19.4. The summed E-state index contributed by atoms with van der Waals surface area (Å²) in [5.74, 6) is -2.89. The van der Waals surface area contributed by atoms with Crippen molar-refractivity contribution in [1.29, 1.82) is 0 Å². The maximum Gasteiger partial charge on any atom is 0.416 e. The van der Waals surface area contributed by atoms with Crippen LogP contribution in [0.3, 0.4) is 0 Å². The molecule has 0 saturated heterocycles. The second kappa shape index (κ2) is 11.8. The molecule has 3 N–H and O–H groups in total. The first-order valence-corrected chi connectivity index (χ1v) is 11.9. The van der Waals surface area contributed by atoms with Crippen LogP contribution in [0.25, 0.3) is 22.3 Å². The molecule has 0 unspecified atom stereocenters. The monoisotopic (exact) mass is 553 g/mol. The third-order valence-corrected chi connectivity index (χ3v) is 5.85. The van der Waals surface area contributed by atoms with Crippen molar-refractivity contribution in [3.63, 3.8) is 0 Å². The van der Waals surface area contributed by atoms with Crippen LogP contribution in [0.2, 0.25) is 0 Å². The smallest absolute Gasteiger partial charge is 0.416 e. The van der Waals surface area contributed by atoms with Gasteiger partial charge < -0.3 is 20.3 Å². The summed E-state index contributed by atoms with van der Waals surface area (Å²) < 4.78 is 45.5. The average Bonchev–Trinajstić information content (AvgIpc) is 2.93. The van der Waals surface area contributed by atoms with Gasteiger partial charge in [-0.2, -0.15) is 13.2 Å². The minimum absolute atomic E-state index is 0.0795. The molecule has 40 heavy (non-hydrogen) atoms. The first-order chi connectivity index (χ1) is 19.0. The molecule has 1 amide bonds. The number of carboxylic acid groups (broad SMARTS) is 2. The van der Waals surface area contributed by atoms with Crippen LogP contribution in [-0.2, 0) is 22.4 Å². The zero-order chi connectivity index (χ0) is 28.9. The summed E-state index contributed by atoms with van der Waals surface area (Å²) in [7, 11) is 0. The molecule has 4 aromatic rings. The molecule has 9 nitrogen and oxygen atoms in total. The van der Waals surface area contributed by atoms with Crippen molar-refractivity contribution in [1.82, 2.24) is 15.3 Å². The van der Waals surface area contributed by atoms with E-state index < -0.39 is 42.0 Å². The lowest BCUT2D eigenvalue weighted by Crippen LogP contribution is -2.41. The molecule has 0 radical (unpaired) electrons. The van der Waals surface area contributed by atoms with Crippen molar-refractivity contribution in [2.24, 2.45) is 0 Å². The van der Waals surface area contributed by atoms with E-state index in [1.54, 1.807) is 30.3 Å². The highest BCUT2D eigenvalue weighted by molar-refractivity contribution is 5.96. The maximum absolute atomic E-state index is 13.2. The average molecular weight is 553 g/mol. The third-order valence-electron chi connectivity index (χ3n) is 5.85. The fraction of sp³-hybridized carbons (Fsp3) is 0.179. The van der Waals surface area contributed by atoms with Crippen molar-refractivity contribution in [3.8, 4) is 17.0 Å². The fourth-order valence-corrected chi connectivity index (χ4v) is 3.82. The molecule has 12 heteroatoms.